The fraction of sp³-hybridized carbons (Fsp3) is 0.500. The minimum Gasteiger partial charge on any atom is -0.290 e. The average molecular weight is 639 g/mol. The average Bonchev–Trinajstić information content (AvgIpc) is 3.07. The summed E-state index contributed by atoms with van der Waals surface area (Å²) in [5.41, 5.74) is 4.96. The molecule has 6 nitrogen and oxygen atoms in total. The quantitative estimate of drug-likeness (QED) is 0.0422. The molecule has 0 unspecified atom stereocenters. The van der Waals surface area contributed by atoms with E-state index in [1.165, 1.54) is 36.1 Å². The maximum atomic E-state index is 12.8. The van der Waals surface area contributed by atoms with Crippen molar-refractivity contribution in [2.24, 2.45) is 0 Å². The normalized spacial score (nSPS) is 11.8. The van der Waals surface area contributed by atoms with Crippen LogP contribution in [0.15, 0.2) is 73.1 Å². The van der Waals surface area contributed by atoms with Crippen LogP contribution in [0.1, 0.15) is 107 Å². The first-order valence-corrected chi connectivity index (χ1v) is 21.5. The van der Waals surface area contributed by atoms with Crippen molar-refractivity contribution in [2.45, 2.75) is 116 Å². The molecule has 0 aliphatic heterocycles. The molecule has 0 heterocycles. The van der Waals surface area contributed by atoms with Crippen molar-refractivity contribution in [1.82, 2.24) is 0 Å². The van der Waals surface area contributed by atoms with Gasteiger partial charge in [0.25, 0.3) is 0 Å². The Balaban J connectivity index is 2.03. The van der Waals surface area contributed by atoms with Crippen molar-refractivity contribution in [3.8, 4) is 0 Å². The topological polar surface area (TPSA) is 71.1 Å². The van der Waals surface area contributed by atoms with E-state index in [1.807, 2.05) is 24.3 Å². The Morgan fingerprint density at radius 2 is 0.977 bits per heavy atom. The SMILES string of the molecule is C=C[Si](CC)(CC)c1ccc(C(=O)OOC(CCCCCCCCC)OOC(=O)c2ccc([Si](C=C)(CC)CC)cc2)cc1. The highest BCUT2D eigenvalue weighted by atomic mass is 28.3. The summed E-state index contributed by atoms with van der Waals surface area (Å²) in [4.78, 5) is 46.8. The van der Waals surface area contributed by atoms with E-state index >= 15 is 0 Å². The molecule has 44 heavy (non-hydrogen) atoms. The lowest BCUT2D eigenvalue weighted by Crippen LogP contribution is -2.44. The van der Waals surface area contributed by atoms with Crippen molar-refractivity contribution in [2.75, 3.05) is 0 Å². The highest BCUT2D eigenvalue weighted by molar-refractivity contribution is 6.96. The molecule has 0 aliphatic rings. The summed E-state index contributed by atoms with van der Waals surface area (Å²) in [5, 5.41) is 2.47. The molecule has 8 heteroatoms. The minimum atomic E-state index is -1.78. The second-order valence-electron chi connectivity index (χ2n) is 11.6. The molecule has 0 fully saturated rings. The zero-order valence-electron chi connectivity index (χ0n) is 27.7. The van der Waals surface area contributed by atoms with Crippen molar-refractivity contribution < 1.29 is 29.1 Å². The maximum absolute atomic E-state index is 12.8. The Morgan fingerprint density at radius 3 is 1.32 bits per heavy atom. The van der Waals surface area contributed by atoms with Gasteiger partial charge in [0, 0.05) is 6.42 Å². The number of benzene rings is 2. The van der Waals surface area contributed by atoms with Gasteiger partial charge in [0.2, 0.25) is 6.29 Å². The van der Waals surface area contributed by atoms with Gasteiger partial charge in [-0.05, 0) is 30.7 Å². The van der Waals surface area contributed by atoms with Gasteiger partial charge in [-0.1, -0.05) is 143 Å². The van der Waals surface area contributed by atoms with Crippen LogP contribution in [-0.4, -0.2) is 34.4 Å². The molecule has 0 saturated heterocycles. The van der Waals surface area contributed by atoms with E-state index < -0.39 is 34.4 Å². The molecule has 0 saturated carbocycles. The highest BCUT2D eigenvalue weighted by Crippen LogP contribution is 2.19. The van der Waals surface area contributed by atoms with E-state index in [2.05, 4.69) is 59.2 Å². The fourth-order valence-corrected chi connectivity index (χ4v) is 11.6. The van der Waals surface area contributed by atoms with Gasteiger partial charge in [-0.15, -0.1) is 22.9 Å². The Morgan fingerprint density at radius 1 is 0.614 bits per heavy atom. The van der Waals surface area contributed by atoms with Crippen molar-refractivity contribution in [3.63, 3.8) is 0 Å². The van der Waals surface area contributed by atoms with Crippen LogP contribution < -0.4 is 10.4 Å². The fourth-order valence-electron chi connectivity index (χ4n) is 5.68. The molecule has 0 radical (unpaired) electrons. The Bertz CT molecular complexity index is 1070. The lowest BCUT2D eigenvalue weighted by molar-refractivity contribution is -0.421. The summed E-state index contributed by atoms with van der Waals surface area (Å²) in [6, 6.07) is 19.2. The molecule has 0 amide bonds. The lowest BCUT2D eigenvalue weighted by Gasteiger charge is -2.26. The number of hydrogen-bond donors (Lipinski definition) is 0. The Hall–Kier alpha value is -2.79. The summed E-state index contributed by atoms with van der Waals surface area (Å²) in [6.45, 7) is 19.1. The second-order valence-corrected chi connectivity index (χ2v) is 21.0. The number of hydrogen-bond acceptors (Lipinski definition) is 6. The molecular formula is C36H54O6Si2. The monoisotopic (exact) mass is 638 g/mol. The minimum absolute atomic E-state index is 0.373. The largest absolute Gasteiger partial charge is 0.373 e. The van der Waals surface area contributed by atoms with E-state index in [4.69, 9.17) is 19.6 Å². The highest BCUT2D eigenvalue weighted by Gasteiger charge is 2.29. The molecule has 0 atom stereocenters. The summed E-state index contributed by atoms with van der Waals surface area (Å²) in [7, 11) is -3.55. The molecule has 0 spiro atoms. The molecule has 0 aromatic heterocycles. The molecule has 0 bridgehead atoms. The molecule has 2 aromatic carbocycles. The van der Waals surface area contributed by atoms with Crippen LogP contribution >= 0.6 is 0 Å². The maximum Gasteiger partial charge on any atom is 0.373 e. The number of carbonyl (C=O) groups is 2. The van der Waals surface area contributed by atoms with Gasteiger partial charge in [-0.25, -0.2) is 9.59 Å². The van der Waals surface area contributed by atoms with Gasteiger partial charge in [0.05, 0.1) is 11.1 Å². The molecule has 0 N–H and O–H groups in total. The second kappa shape index (κ2) is 19.6. The number of carbonyl (C=O) groups excluding carboxylic acids is 2. The van der Waals surface area contributed by atoms with E-state index in [1.54, 1.807) is 24.3 Å². The van der Waals surface area contributed by atoms with Gasteiger partial charge in [0.1, 0.15) is 16.1 Å². The van der Waals surface area contributed by atoms with Crippen molar-refractivity contribution in [3.05, 3.63) is 84.2 Å². The van der Waals surface area contributed by atoms with Crippen LogP contribution in [0.4, 0.5) is 0 Å². The van der Waals surface area contributed by atoms with Crippen LogP contribution in [0, 0.1) is 0 Å². The standard InChI is InChI=1S/C36H54O6Si2/c1-8-15-16-17-18-19-20-21-34(39-41-35(37)30-22-26-32(27-23-30)43(9-2,10-3)11-4)40-42-36(38)31-24-28-33(29-25-31)44(12-5,13-6)14-7/h9,12,22-29,34H,2,5,8,10-11,13-21H2,1,3-4,6-7H3. The summed E-state index contributed by atoms with van der Waals surface area (Å²) >= 11 is 0. The third-order valence-electron chi connectivity index (χ3n) is 9.20. The number of rotatable bonds is 22. The first-order valence-electron chi connectivity index (χ1n) is 16.5. The third kappa shape index (κ3) is 10.4. The van der Waals surface area contributed by atoms with Crippen LogP contribution in [0.3, 0.4) is 0 Å². The van der Waals surface area contributed by atoms with Gasteiger partial charge in [0.15, 0.2) is 0 Å². The van der Waals surface area contributed by atoms with Gasteiger partial charge in [-0.2, -0.15) is 0 Å². The molecule has 2 aromatic rings. The third-order valence-corrected chi connectivity index (χ3v) is 18.8. The van der Waals surface area contributed by atoms with Crippen molar-refractivity contribution >= 4 is 38.5 Å². The zero-order valence-corrected chi connectivity index (χ0v) is 29.7. The molecule has 0 aliphatic carbocycles. The number of unbranched alkanes of at least 4 members (excludes halogenated alkanes) is 6. The van der Waals surface area contributed by atoms with E-state index in [0.29, 0.717) is 17.5 Å². The van der Waals surface area contributed by atoms with Gasteiger partial charge >= 0.3 is 11.9 Å². The summed E-state index contributed by atoms with van der Waals surface area (Å²) < 4.78 is 0. The van der Waals surface area contributed by atoms with E-state index in [-0.39, 0.29) is 0 Å². The zero-order chi connectivity index (χ0) is 32.4. The van der Waals surface area contributed by atoms with Crippen LogP contribution in [0.2, 0.25) is 24.2 Å². The van der Waals surface area contributed by atoms with Crippen LogP contribution in [0.5, 0.6) is 0 Å². The predicted molar refractivity (Wildman–Crippen MR) is 185 cm³/mol. The first-order chi connectivity index (χ1) is 21.3. The molecular weight excluding hydrogens is 585 g/mol. The van der Waals surface area contributed by atoms with E-state index in [0.717, 1.165) is 43.4 Å². The summed E-state index contributed by atoms with van der Waals surface area (Å²) in [5.74, 6) is -1.26. The molecule has 2 rings (SSSR count). The van der Waals surface area contributed by atoms with Crippen LogP contribution in [0.25, 0.3) is 0 Å². The Kier molecular flexibility index (Phi) is 16.6. The van der Waals surface area contributed by atoms with Gasteiger partial charge < -0.3 is 0 Å². The smallest absolute Gasteiger partial charge is 0.290 e. The van der Waals surface area contributed by atoms with Gasteiger partial charge in [-0.3, -0.25) is 9.78 Å². The lowest BCUT2D eigenvalue weighted by atomic mass is 10.1. The van der Waals surface area contributed by atoms with Crippen molar-refractivity contribution in [1.29, 1.82) is 0 Å². The van der Waals surface area contributed by atoms with Crippen LogP contribution in [-0.2, 0) is 19.6 Å². The molecule has 242 valence electrons. The first kappa shape index (κ1) is 37.4. The predicted octanol–water partition coefficient (Wildman–Crippen LogP) is 8.87. The summed E-state index contributed by atoms with van der Waals surface area (Å²) in [6.07, 6.45) is 7.06. The Labute approximate surface area is 267 Å². The van der Waals surface area contributed by atoms with E-state index in [9.17, 15) is 9.59 Å².